The molecule has 18 heavy (non-hydrogen) atoms. The summed E-state index contributed by atoms with van der Waals surface area (Å²) in [5, 5.41) is 8.65. The van der Waals surface area contributed by atoms with Crippen LogP contribution in [-0.4, -0.2) is 34.1 Å². The first-order valence-corrected chi connectivity index (χ1v) is 6.16. The van der Waals surface area contributed by atoms with Crippen molar-refractivity contribution in [3.05, 3.63) is 22.7 Å². The second-order valence-electron chi connectivity index (χ2n) is 4.63. The molecule has 1 aromatic heterocycles. The summed E-state index contributed by atoms with van der Waals surface area (Å²) in [6.45, 7) is 1.67. The van der Waals surface area contributed by atoms with Crippen molar-refractivity contribution >= 4 is 11.8 Å². The molecule has 0 bridgehead atoms. The largest absolute Gasteiger partial charge is 0.481 e. The van der Waals surface area contributed by atoms with E-state index in [9.17, 15) is 9.59 Å². The van der Waals surface area contributed by atoms with Gasteiger partial charge in [-0.1, -0.05) is 0 Å². The number of hydrogen-bond donors (Lipinski definition) is 2. The molecule has 1 aliphatic rings. The number of anilines is 1. The van der Waals surface area contributed by atoms with Crippen LogP contribution in [0, 0.1) is 5.92 Å². The number of carboxylic acids is 1. The van der Waals surface area contributed by atoms with E-state index in [0.717, 1.165) is 32.4 Å². The molecule has 0 aliphatic carbocycles. The fourth-order valence-corrected chi connectivity index (χ4v) is 2.31. The van der Waals surface area contributed by atoms with Gasteiger partial charge in [0.05, 0.1) is 6.33 Å². The van der Waals surface area contributed by atoms with E-state index >= 15 is 0 Å². The van der Waals surface area contributed by atoms with Crippen molar-refractivity contribution in [2.75, 3.05) is 18.0 Å². The Morgan fingerprint density at radius 3 is 2.83 bits per heavy atom. The number of nitrogens with one attached hydrogen (secondary N) is 1. The van der Waals surface area contributed by atoms with Crippen molar-refractivity contribution in [2.45, 2.75) is 25.7 Å². The summed E-state index contributed by atoms with van der Waals surface area (Å²) in [4.78, 5) is 30.4. The summed E-state index contributed by atoms with van der Waals surface area (Å²) < 4.78 is 0. The molecule has 6 heteroatoms. The van der Waals surface area contributed by atoms with Crippen molar-refractivity contribution in [1.82, 2.24) is 9.97 Å². The standard InChI is InChI=1S/C12H17N3O3/c16-11-7-10(13-8-14-11)15-5-3-9(4-6-15)1-2-12(17)18/h7-9H,1-6H2,(H,17,18)(H,13,14,16). The Labute approximate surface area is 105 Å². The van der Waals surface area contributed by atoms with Crippen LogP contribution in [0.1, 0.15) is 25.7 Å². The molecular weight excluding hydrogens is 234 g/mol. The van der Waals surface area contributed by atoms with Gasteiger partial charge in [0.1, 0.15) is 5.82 Å². The lowest BCUT2D eigenvalue weighted by Crippen LogP contribution is -2.35. The molecular formula is C12H17N3O3. The number of rotatable bonds is 4. The van der Waals surface area contributed by atoms with Crippen molar-refractivity contribution in [2.24, 2.45) is 5.92 Å². The smallest absolute Gasteiger partial charge is 0.303 e. The van der Waals surface area contributed by atoms with E-state index in [4.69, 9.17) is 5.11 Å². The number of piperidine rings is 1. The molecule has 1 aromatic rings. The maximum absolute atomic E-state index is 11.2. The van der Waals surface area contributed by atoms with Crippen LogP contribution in [0.25, 0.3) is 0 Å². The van der Waals surface area contributed by atoms with E-state index in [1.54, 1.807) is 0 Å². The van der Waals surface area contributed by atoms with Crippen LogP contribution in [0.2, 0.25) is 0 Å². The summed E-state index contributed by atoms with van der Waals surface area (Å²) >= 11 is 0. The first-order valence-electron chi connectivity index (χ1n) is 6.16. The van der Waals surface area contributed by atoms with Gasteiger partial charge in [-0.3, -0.25) is 9.59 Å². The Balaban J connectivity index is 1.86. The van der Waals surface area contributed by atoms with Gasteiger partial charge in [-0.25, -0.2) is 4.98 Å². The van der Waals surface area contributed by atoms with E-state index in [1.807, 2.05) is 0 Å². The molecule has 2 N–H and O–H groups in total. The van der Waals surface area contributed by atoms with E-state index in [2.05, 4.69) is 14.9 Å². The second kappa shape index (κ2) is 5.66. The number of aromatic nitrogens is 2. The fraction of sp³-hybridized carbons (Fsp3) is 0.583. The minimum Gasteiger partial charge on any atom is -0.481 e. The average molecular weight is 251 g/mol. The molecule has 98 valence electrons. The molecule has 0 aromatic carbocycles. The molecule has 2 heterocycles. The van der Waals surface area contributed by atoms with Crippen LogP contribution in [0.15, 0.2) is 17.2 Å². The lowest BCUT2D eigenvalue weighted by Gasteiger charge is -2.32. The highest BCUT2D eigenvalue weighted by molar-refractivity contribution is 5.66. The van der Waals surface area contributed by atoms with Crippen LogP contribution in [0.3, 0.4) is 0 Å². The zero-order valence-corrected chi connectivity index (χ0v) is 10.1. The third kappa shape index (κ3) is 3.32. The molecule has 2 rings (SSSR count). The summed E-state index contributed by atoms with van der Waals surface area (Å²) in [5.74, 6) is 0.448. The van der Waals surface area contributed by atoms with Crippen LogP contribution >= 0.6 is 0 Å². The SMILES string of the molecule is O=C(O)CCC1CCN(c2cc(=O)[nH]cn2)CC1. The molecule has 1 aliphatic heterocycles. The number of hydrogen-bond acceptors (Lipinski definition) is 4. The van der Waals surface area contributed by atoms with E-state index in [-0.39, 0.29) is 12.0 Å². The zero-order valence-electron chi connectivity index (χ0n) is 10.1. The molecule has 1 saturated heterocycles. The monoisotopic (exact) mass is 251 g/mol. The molecule has 0 atom stereocenters. The van der Waals surface area contributed by atoms with Gasteiger partial charge < -0.3 is 15.0 Å². The van der Waals surface area contributed by atoms with Gasteiger partial charge in [0.15, 0.2) is 0 Å². The third-order valence-electron chi connectivity index (χ3n) is 3.37. The van der Waals surface area contributed by atoms with Crippen molar-refractivity contribution in [3.63, 3.8) is 0 Å². The van der Waals surface area contributed by atoms with Crippen LogP contribution in [-0.2, 0) is 4.79 Å². The molecule has 0 saturated carbocycles. The topological polar surface area (TPSA) is 86.3 Å². The van der Waals surface area contributed by atoms with E-state index in [1.165, 1.54) is 12.4 Å². The Morgan fingerprint density at radius 1 is 1.50 bits per heavy atom. The van der Waals surface area contributed by atoms with E-state index in [0.29, 0.717) is 11.7 Å². The minimum atomic E-state index is -0.728. The number of aliphatic carboxylic acids is 1. The Bertz CT molecular complexity index is 464. The van der Waals surface area contributed by atoms with Gasteiger partial charge in [-0.05, 0) is 25.2 Å². The Hall–Kier alpha value is -1.85. The van der Waals surface area contributed by atoms with Crippen molar-refractivity contribution in [3.8, 4) is 0 Å². The Kier molecular flexibility index (Phi) is 3.96. The number of H-pyrrole nitrogens is 1. The third-order valence-corrected chi connectivity index (χ3v) is 3.37. The highest BCUT2D eigenvalue weighted by Gasteiger charge is 2.20. The lowest BCUT2D eigenvalue weighted by molar-refractivity contribution is -0.137. The summed E-state index contributed by atoms with van der Waals surface area (Å²) in [6.07, 6.45) is 4.32. The predicted molar refractivity (Wildman–Crippen MR) is 66.7 cm³/mol. The van der Waals surface area contributed by atoms with Gasteiger partial charge >= 0.3 is 5.97 Å². The highest BCUT2D eigenvalue weighted by atomic mass is 16.4. The molecule has 0 unspecified atom stereocenters. The maximum atomic E-state index is 11.2. The van der Waals surface area contributed by atoms with Gasteiger partial charge in [0, 0.05) is 25.6 Å². The van der Waals surface area contributed by atoms with Crippen LogP contribution in [0.5, 0.6) is 0 Å². The lowest BCUT2D eigenvalue weighted by atomic mass is 9.92. The zero-order chi connectivity index (χ0) is 13.0. The van der Waals surface area contributed by atoms with Crippen LogP contribution < -0.4 is 10.5 Å². The number of carbonyl (C=O) groups is 1. The molecule has 0 amide bonds. The van der Waals surface area contributed by atoms with Gasteiger partial charge in [-0.2, -0.15) is 0 Å². The fourth-order valence-electron chi connectivity index (χ4n) is 2.31. The van der Waals surface area contributed by atoms with Crippen molar-refractivity contribution < 1.29 is 9.90 Å². The number of carboxylic acid groups (broad SMARTS) is 1. The van der Waals surface area contributed by atoms with Gasteiger partial charge in [0.25, 0.3) is 5.56 Å². The first-order chi connectivity index (χ1) is 8.65. The Morgan fingerprint density at radius 2 is 2.22 bits per heavy atom. The molecule has 1 fully saturated rings. The highest BCUT2D eigenvalue weighted by Crippen LogP contribution is 2.24. The van der Waals surface area contributed by atoms with Crippen molar-refractivity contribution in [1.29, 1.82) is 0 Å². The van der Waals surface area contributed by atoms with Gasteiger partial charge in [0.2, 0.25) is 0 Å². The predicted octanol–water partition coefficient (Wildman–Crippen LogP) is 0.851. The molecule has 6 nitrogen and oxygen atoms in total. The minimum absolute atomic E-state index is 0.145. The number of aromatic amines is 1. The van der Waals surface area contributed by atoms with Crippen LogP contribution in [0.4, 0.5) is 5.82 Å². The normalized spacial score (nSPS) is 16.8. The molecule has 0 spiro atoms. The van der Waals surface area contributed by atoms with E-state index < -0.39 is 5.97 Å². The maximum Gasteiger partial charge on any atom is 0.303 e. The molecule has 0 radical (unpaired) electrons. The summed E-state index contributed by atoms with van der Waals surface area (Å²) in [6, 6.07) is 1.50. The summed E-state index contributed by atoms with van der Waals surface area (Å²) in [7, 11) is 0. The average Bonchev–Trinajstić information content (AvgIpc) is 2.37. The summed E-state index contributed by atoms with van der Waals surface area (Å²) in [5.41, 5.74) is -0.145. The number of nitrogens with zero attached hydrogens (tertiary/aromatic N) is 2. The van der Waals surface area contributed by atoms with Gasteiger partial charge in [-0.15, -0.1) is 0 Å². The first kappa shape index (κ1) is 12.6. The second-order valence-corrected chi connectivity index (χ2v) is 4.63. The quantitative estimate of drug-likeness (QED) is 0.828.